The molecule has 2 aromatic rings. The van der Waals surface area contributed by atoms with Gasteiger partial charge in [0.05, 0.1) is 0 Å². The summed E-state index contributed by atoms with van der Waals surface area (Å²) in [6.45, 7) is 1.93. The molecule has 0 bridgehead atoms. The second kappa shape index (κ2) is 7.69. The number of carboxylic acid groups (broad SMARTS) is 1. The van der Waals surface area contributed by atoms with Gasteiger partial charge in [-0.15, -0.1) is 11.3 Å². The van der Waals surface area contributed by atoms with Crippen molar-refractivity contribution in [3.05, 3.63) is 50.1 Å². The third kappa shape index (κ3) is 4.65. The Morgan fingerprint density at radius 1 is 1.30 bits per heavy atom. The molecule has 3 nitrogen and oxygen atoms in total. The van der Waals surface area contributed by atoms with Gasteiger partial charge in [0, 0.05) is 25.5 Å². The Morgan fingerprint density at radius 2 is 1.90 bits per heavy atom. The van der Waals surface area contributed by atoms with E-state index in [4.69, 9.17) is 23.2 Å². The minimum absolute atomic E-state index is 0. The van der Waals surface area contributed by atoms with E-state index in [0.717, 1.165) is 9.75 Å². The van der Waals surface area contributed by atoms with Gasteiger partial charge in [0.1, 0.15) is 0 Å². The van der Waals surface area contributed by atoms with Crippen LogP contribution in [0, 0.1) is 6.92 Å². The van der Waals surface area contributed by atoms with Crippen LogP contribution in [0.4, 0.5) is 5.69 Å². The number of hydrogen-bond acceptors (Lipinski definition) is 3. The summed E-state index contributed by atoms with van der Waals surface area (Å²) < 4.78 is 0. The first kappa shape index (κ1) is 17.8. The van der Waals surface area contributed by atoms with Crippen LogP contribution in [0.25, 0.3) is 0 Å². The van der Waals surface area contributed by atoms with E-state index in [1.165, 1.54) is 11.3 Å². The molecule has 0 radical (unpaired) electrons. The number of aliphatic carboxylic acids is 1. The number of thiophene rings is 1. The molecule has 0 saturated heterocycles. The smallest absolute Gasteiger partial charge is 1.00 e. The van der Waals surface area contributed by atoms with Gasteiger partial charge in [-0.25, -0.2) is 4.79 Å². The van der Waals surface area contributed by atoms with Gasteiger partial charge in [0.15, 0.2) is 6.04 Å². The molecule has 0 aliphatic carbocycles. The van der Waals surface area contributed by atoms with Gasteiger partial charge in [-0.1, -0.05) is 23.2 Å². The van der Waals surface area contributed by atoms with Crippen molar-refractivity contribution in [2.45, 2.75) is 13.0 Å². The van der Waals surface area contributed by atoms with Crippen molar-refractivity contribution in [3.63, 3.8) is 0 Å². The molecule has 1 aromatic heterocycles. The van der Waals surface area contributed by atoms with Crippen LogP contribution in [-0.4, -0.2) is 11.1 Å². The quantitative estimate of drug-likeness (QED) is 0.834. The summed E-state index contributed by atoms with van der Waals surface area (Å²) in [5.74, 6) is -0.946. The number of benzene rings is 1. The molecule has 0 aliphatic heterocycles. The molecule has 20 heavy (non-hydrogen) atoms. The van der Waals surface area contributed by atoms with E-state index >= 15 is 0 Å². The zero-order valence-corrected chi connectivity index (χ0v) is 15.3. The number of anilines is 1. The van der Waals surface area contributed by atoms with Crippen LogP contribution >= 0.6 is 34.5 Å². The maximum absolute atomic E-state index is 11.4. The molecule has 2 rings (SSSR count). The first-order valence-corrected chi connectivity index (χ1v) is 7.05. The van der Waals surface area contributed by atoms with Crippen LogP contribution in [0.2, 0.25) is 10.0 Å². The fraction of sp³-hybridized carbons (Fsp3) is 0.154. The molecule has 1 aromatic carbocycles. The standard InChI is InChI=1S/C13H11Cl2NO2S.Na.H/c1-7-2-3-11(19-7)12(13(17)18)16-10-5-8(14)4-9(15)6-10;;/h2-6,12,16H,1H3,(H,17,18);;/q;+1;-1. The fourth-order valence-corrected chi connectivity index (χ4v) is 3.11. The van der Waals surface area contributed by atoms with Crippen molar-refractivity contribution in [1.29, 1.82) is 0 Å². The molecule has 2 N–H and O–H groups in total. The van der Waals surface area contributed by atoms with Gasteiger partial charge < -0.3 is 11.8 Å². The Morgan fingerprint density at radius 3 is 2.35 bits per heavy atom. The van der Waals surface area contributed by atoms with Crippen molar-refractivity contribution >= 4 is 46.2 Å². The van der Waals surface area contributed by atoms with Gasteiger partial charge in [-0.05, 0) is 37.3 Å². The molecule has 0 aliphatic rings. The number of nitrogens with one attached hydrogen (secondary N) is 1. The normalized spacial score (nSPS) is 11.6. The van der Waals surface area contributed by atoms with Crippen LogP contribution in [0.3, 0.4) is 0 Å². The van der Waals surface area contributed by atoms with Gasteiger partial charge in [0.25, 0.3) is 0 Å². The van der Waals surface area contributed by atoms with E-state index in [-0.39, 0.29) is 31.0 Å². The summed E-state index contributed by atoms with van der Waals surface area (Å²) in [5, 5.41) is 13.2. The zero-order valence-electron chi connectivity index (χ0n) is 12.0. The molecule has 7 heteroatoms. The van der Waals surface area contributed by atoms with Crippen LogP contribution < -0.4 is 34.9 Å². The van der Waals surface area contributed by atoms with Crippen molar-refractivity contribution < 1.29 is 40.9 Å². The summed E-state index contributed by atoms with van der Waals surface area (Å²) in [7, 11) is 0. The molecule has 1 heterocycles. The molecular formula is C13H12Cl2NNaO2S. The van der Waals surface area contributed by atoms with Gasteiger partial charge in [0.2, 0.25) is 0 Å². The maximum Gasteiger partial charge on any atom is 1.00 e. The largest absolute Gasteiger partial charge is 1.00 e. The van der Waals surface area contributed by atoms with E-state index < -0.39 is 12.0 Å². The van der Waals surface area contributed by atoms with Crippen LogP contribution in [0.1, 0.15) is 17.2 Å². The Labute approximate surface area is 154 Å². The average molecular weight is 340 g/mol. The second-order valence-electron chi connectivity index (χ2n) is 4.02. The number of carbonyl (C=O) groups is 1. The Bertz CT molecular complexity index is 604. The van der Waals surface area contributed by atoms with E-state index in [1.54, 1.807) is 24.3 Å². The SMILES string of the molecule is Cc1ccc(C(Nc2cc(Cl)cc(Cl)c2)C(=O)O)s1.[H-].[Na+]. The van der Waals surface area contributed by atoms with Crippen molar-refractivity contribution in [1.82, 2.24) is 0 Å². The molecule has 0 saturated carbocycles. The van der Waals surface area contributed by atoms with E-state index in [1.807, 2.05) is 13.0 Å². The molecule has 102 valence electrons. The number of hydrogen-bond donors (Lipinski definition) is 2. The third-order valence-corrected chi connectivity index (χ3v) is 3.97. The molecule has 0 fully saturated rings. The molecule has 0 amide bonds. The van der Waals surface area contributed by atoms with E-state index in [9.17, 15) is 9.90 Å². The summed E-state index contributed by atoms with van der Waals surface area (Å²) in [6, 6.07) is 7.77. The predicted molar refractivity (Wildman–Crippen MR) is 80.6 cm³/mol. The Hall–Kier alpha value is -0.230. The minimum atomic E-state index is -0.946. The first-order chi connectivity index (χ1) is 8.95. The topological polar surface area (TPSA) is 49.3 Å². The van der Waals surface area contributed by atoms with Gasteiger partial charge in [-0.2, -0.15) is 0 Å². The zero-order chi connectivity index (χ0) is 14.0. The fourth-order valence-electron chi connectivity index (χ4n) is 1.67. The average Bonchev–Trinajstić information content (AvgIpc) is 2.70. The van der Waals surface area contributed by atoms with E-state index in [2.05, 4.69) is 5.32 Å². The summed E-state index contributed by atoms with van der Waals surface area (Å²) in [4.78, 5) is 13.2. The summed E-state index contributed by atoms with van der Waals surface area (Å²) in [6.07, 6.45) is 0. The van der Waals surface area contributed by atoms with Gasteiger partial charge >= 0.3 is 35.5 Å². The first-order valence-electron chi connectivity index (χ1n) is 5.47. The third-order valence-electron chi connectivity index (χ3n) is 2.47. The van der Waals surface area contributed by atoms with Gasteiger partial charge in [-0.3, -0.25) is 0 Å². The Balaban J connectivity index is 0.00000200. The number of aryl methyl sites for hydroxylation is 1. The second-order valence-corrected chi connectivity index (χ2v) is 6.21. The van der Waals surface area contributed by atoms with Crippen LogP contribution in [0.5, 0.6) is 0 Å². The van der Waals surface area contributed by atoms with Crippen LogP contribution in [0.15, 0.2) is 30.3 Å². The molecule has 1 unspecified atom stereocenters. The number of halogens is 2. The van der Waals surface area contributed by atoms with Crippen molar-refractivity contribution in [2.24, 2.45) is 0 Å². The van der Waals surface area contributed by atoms with Crippen molar-refractivity contribution in [3.8, 4) is 0 Å². The van der Waals surface area contributed by atoms with E-state index in [0.29, 0.717) is 15.7 Å². The predicted octanol–water partition coefficient (Wildman–Crippen LogP) is 1.72. The number of rotatable bonds is 4. The molecule has 0 spiro atoms. The van der Waals surface area contributed by atoms with Crippen molar-refractivity contribution in [2.75, 3.05) is 5.32 Å². The maximum atomic E-state index is 11.4. The van der Waals surface area contributed by atoms with Crippen LogP contribution in [-0.2, 0) is 4.79 Å². The minimum Gasteiger partial charge on any atom is -1.00 e. The molecule has 1 atom stereocenters. The summed E-state index contributed by atoms with van der Waals surface area (Å²) >= 11 is 13.2. The monoisotopic (exact) mass is 339 g/mol. The summed E-state index contributed by atoms with van der Waals surface area (Å²) in [5.41, 5.74) is 0.580. The Kier molecular flexibility index (Phi) is 6.85. The molecular weight excluding hydrogens is 328 g/mol. The number of carboxylic acids is 1.